The summed E-state index contributed by atoms with van der Waals surface area (Å²) in [5.74, 6) is 1.32. The Hall–Kier alpha value is -2.61. The second kappa shape index (κ2) is 5.64. The standard InChI is InChI=1S/C13H13N5/c1-10-2-4-11(5-3-10)18-13-8-12(15-7-6-14)16-9-17-13/h2-5,8-9H,7H2,1H3,(H2,15,16,17,18). The van der Waals surface area contributed by atoms with Crippen LogP contribution in [0, 0.1) is 18.3 Å². The van der Waals surface area contributed by atoms with Crippen molar-refractivity contribution < 1.29 is 0 Å². The Labute approximate surface area is 106 Å². The number of rotatable bonds is 4. The average Bonchev–Trinajstić information content (AvgIpc) is 2.40. The number of hydrogen-bond donors (Lipinski definition) is 2. The van der Waals surface area contributed by atoms with Crippen LogP contribution in [-0.4, -0.2) is 16.5 Å². The number of aromatic nitrogens is 2. The number of aryl methyl sites for hydroxylation is 1. The minimum Gasteiger partial charge on any atom is -0.357 e. The average molecular weight is 239 g/mol. The molecule has 2 rings (SSSR count). The van der Waals surface area contributed by atoms with Gasteiger partial charge in [0, 0.05) is 11.8 Å². The summed E-state index contributed by atoms with van der Waals surface area (Å²) in [7, 11) is 0. The summed E-state index contributed by atoms with van der Waals surface area (Å²) >= 11 is 0. The molecule has 1 aromatic carbocycles. The third kappa shape index (κ3) is 3.19. The molecule has 0 atom stereocenters. The molecule has 1 aromatic heterocycles. The van der Waals surface area contributed by atoms with Gasteiger partial charge >= 0.3 is 0 Å². The summed E-state index contributed by atoms with van der Waals surface area (Å²) in [6.45, 7) is 2.26. The van der Waals surface area contributed by atoms with Gasteiger partial charge in [-0.05, 0) is 19.1 Å². The molecule has 0 saturated carbocycles. The topological polar surface area (TPSA) is 73.6 Å². The molecule has 5 nitrogen and oxygen atoms in total. The highest BCUT2D eigenvalue weighted by Crippen LogP contribution is 2.16. The van der Waals surface area contributed by atoms with Crippen LogP contribution in [0.3, 0.4) is 0 Å². The number of nitrogens with zero attached hydrogens (tertiary/aromatic N) is 3. The second-order valence-electron chi connectivity index (χ2n) is 3.79. The fraction of sp³-hybridized carbons (Fsp3) is 0.154. The molecule has 1 heterocycles. The van der Waals surface area contributed by atoms with Crippen molar-refractivity contribution in [1.82, 2.24) is 9.97 Å². The van der Waals surface area contributed by atoms with Crippen molar-refractivity contribution in [3.8, 4) is 6.07 Å². The van der Waals surface area contributed by atoms with Crippen molar-refractivity contribution in [3.63, 3.8) is 0 Å². The maximum absolute atomic E-state index is 8.49. The molecule has 0 bridgehead atoms. The highest BCUT2D eigenvalue weighted by atomic mass is 15.1. The van der Waals surface area contributed by atoms with Gasteiger partial charge in [0.25, 0.3) is 0 Å². The van der Waals surface area contributed by atoms with Crippen LogP contribution < -0.4 is 10.6 Å². The summed E-state index contributed by atoms with van der Waals surface area (Å²) in [6.07, 6.45) is 1.45. The highest BCUT2D eigenvalue weighted by molar-refractivity contribution is 5.59. The Morgan fingerprint density at radius 2 is 1.89 bits per heavy atom. The minimum atomic E-state index is 0.223. The summed E-state index contributed by atoms with van der Waals surface area (Å²) in [6, 6.07) is 11.8. The Balaban J connectivity index is 2.09. The second-order valence-corrected chi connectivity index (χ2v) is 3.79. The number of hydrogen-bond acceptors (Lipinski definition) is 5. The summed E-state index contributed by atoms with van der Waals surface area (Å²) < 4.78 is 0. The van der Waals surface area contributed by atoms with E-state index >= 15 is 0 Å². The van der Waals surface area contributed by atoms with Crippen LogP contribution in [0.15, 0.2) is 36.7 Å². The van der Waals surface area contributed by atoms with Gasteiger partial charge < -0.3 is 10.6 Å². The third-order valence-corrected chi connectivity index (χ3v) is 2.34. The van der Waals surface area contributed by atoms with E-state index in [9.17, 15) is 0 Å². The maximum Gasteiger partial charge on any atom is 0.135 e. The predicted octanol–water partition coefficient (Wildman–Crippen LogP) is 2.46. The lowest BCUT2D eigenvalue weighted by molar-refractivity contribution is 1.14. The van der Waals surface area contributed by atoms with Crippen LogP contribution >= 0.6 is 0 Å². The van der Waals surface area contributed by atoms with Crippen molar-refractivity contribution in [3.05, 3.63) is 42.2 Å². The van der Waals surface area contributed by atoms with Crippen LogP contribution in [0.2, 0.25) is 0 Å². The number of nitriles is 1. The zero-order chi connectivity index (χ0) is 12.8. The lowest BCUT2D eigenvalue weighted by atomic mass is 10.2. The van der Waals surface area contributed by atoms with Gasteiger partial charge in [0.2, 0.25) is 0 Å². The van der Waals surface area contributed by atoms with Crippen molar-refractivity contribution in [1.29, 1.82) is 5.26 Å². The van der Waals surface area contributed by atoms with Crippen LogP contribution in [-0.2, 0) is 0 Å². The Morgan fingerprint density at radius 1 is 1.17 bits per heavy atom. The summed E-state index contributed by atoms with van der Waals surface area (Å²) in [4.78, 5) is 8.14. The van der Waals surface area contributed by atoms with Gasteiger partial charge in [-0.2, -0.15) is 5.26 Å². The van der Waals surface area contributed by atoms with Crippen LogP contribution in [0.5, 0.6) is 0 Å². The highest BCUT2D eigenvalue weighted by Gasteiger charge is 1.98. The molecule has 0 aliphatic heterocycles. The molecule has 2 aromatic rings. The van der Waals surface area contributed by atoms with E-state index in [1.807, 2.05) is 37.3 Å². The largest absolute Gasteiger partial charge is 0.357 e. The first-order chi connectivity index (χ1) is 8.78. The lowest BCUT2D eigenvalue weighted by Crippen LogP contribution is -2.02. The third-order valence-electron chi connectivity index (χ3n) is 2.34. The smallest absolute Gasteiger partial charge is 0.135 e. The van der Waals surface area contributed by atoms with Crippen molar-refractivity contribution in [2.24, 2.45) is 0 Å². The van der Waals surface area contributed by atoms with E-state index in [4.69, 9.17) is 5.26 Å². The maximum atomic E-state index is 8.49. The SMILES string of the molecule is Cc1ccc(Nc2cc(NCC#N)ncn2)cc1. The first-order valence-corrected chi connectivity index (χ1v) is 5.54. The normalized spacial score (nSPS) is 9.56. The van der Waals surface area contributed by atoms with E-state index in [0.29, 0.717) is 11.6 Å². The molecule has 0 radical (unpaired) electrons. The fourth-order valence-corrected chi connectivity index (χ4v) is 1.44. The number of anilines is 3. The van der Waals surface area contributed by atoms with Crippen LogP contribution in [0.1, 0.15) is 5.56 Å². The predicted molar refractivity (Wildman–Crippen MR) is 70.6 cm³/mol. The zero-order valence-electron chi connectivity index (χ0n) is 10.0. The quantitative estimate of drug-likeness (QED) is 0.802. The molecule has 0 spiro atoms. The molecule has 0 unspecified atom stereocenters. The molecule has 5 heteroatoms. The molecule has 90 valence electrons. The van der Waals surface area contributed by atoms with Crippen molar-refractivity contribution in [2.45, 2.75) is 6.92 Å². The lowest BCUT2D eigenvalue weighted by Gasteiger charge is -2.07. The van der Waals surface area contributed by atoms with E-state index in [-0.39, 0.29) is 6.54 Å². The van der Waals surface area contributed by atoms with Gasteiger partial charge in [-0.1, -0.05) is 17.7 Å². The van der Waals surface area contributed by atoms with Gasteiger partial charge in [0.1, 0.15) is 24.5 Å². The van der Waals surface area contributed by atoms with Crippen molar-refractivity contribution >= 4 is 17.3 Å². The molecule has 0 aliphatic rings. The fourth-order valence-electron chi connectivity index (χ4n) is 1.44. The molecule has 0 saturated heterocycles. The van der Waals surface area contributed by atoms with Gasteiger partial charge in [-0.15, -0.1) is 0 Å². The zero-order valence-corrected chi connectivity index (χ0v) is 10.0. The van der Waals surface area contributed by atoms with E-state index < -0.39 is 0 Å². The molecule has 0 aliphatic carbocycles. The molecular formula is C13H13N5. The summed E-state index contributed by atoms with van der Waals surface area (Å²) in [5.41, 5.74) is 2.17. The Kier molecular flexibility index (Phi) is 3.72. The van der Waals surface area contributed by atoms with Gasteiger partial charge in [-0.25, -0.2) is 9.97 Å². The monoisotopic (exact) mass is 239 g/mol. The van der Waals surface area contributed by atoms with Gasteiger partial charge in [0.15, 0.2) is 0 Å². The Bertz CT molecular complexity index is 556. The van der Waals surface area contributed by atoms with E-state index in [1.54, 1.807) is 6.07 Å². The first-order valence-electron chi connectivity index (χ1n) is 5.54. The van der Waals surface area contributed by atoms with Gasteiger partial charge in [0.05, 0.1) is 6.07 Å². The van der Waals surface area contributed by atoms with Gasteiger partial charge in [-0.3, -0.25) is 0 Å². The van der Waals surface area contributed by atoms with Crippen LogP contribution in [0.25, 0.3) is 0 Å². The number of nitrogens with one attached hydrogen (secondary N) is 2. The molecule has 0 fully saturated rings. The van der Waals surface area contributed by atoms with Crippen molar-refractivity contribution in [2.75, 3.05) is 17.2 Å². The van der Waals surface area contributed by atoms with Crippen LogP contribution in [0.4, 0.5) is 17.3 Å². The number of benzene rings is 1. The summed E-state index contributed by atoms with van der Waals surface area (Å²) in [5, 5.41) is 14.5. The van der Waals surface area contributed by atoms with E-state index in [2.05, 4.69) is 20.6 Å². The van der Waals surface area contributed by atoms with E-state index in [0.717, 1.165) is 5.69 Å². The molecule has 2 N–H and O–H groups in total. The minimum absolute atomic E-state index is 0.223. The van der Waals surface area contributed by atoms with E-state index in [1.165, 1.54) is 11.9 Å². The molecule has 18 heavy (non-hydrogen) atoms. The first kappa shape index (κ1) is 11.9. The Morgan fingerprint density at radius 3 is 2.61 bits per heavy atom. The molecular weight excluding hydrogens is 226 g/mol. The molecule has 0 amide bonds.